The fourth-order valence-corrected chi connectivity index (χ4v) is 0.964. The third-order valence-corrected chi connectivity index (χ3v) is 1.86. The number of halogens is 1. The van der Waals surface area contributed by atoms with E-state index in [-0.39, 0.29) is 5.56 Å². The zero-order valence-electron chi connectivity index (χ0n) is 8.17. The van der Waals surface area contributed by atoms with E-state index in [0.29, 0.717) is 5.70 Å². The van der Waals surface area contributed by atoms with Crippen molar-refractivity contribution in [2.75, 3.05) is 0 Å². The van der Waals surface area contributed by atoms with Crippen LogP contribution in [0.4, 0.5) is 4.39 Å². The van der Waals surface area contributed by atoms with Crippen LogP contribution in [-0.2, 0) is 0 Å². The Morgan fingerprint density at radius 3 is 2.64 bits per heavy atom. The SMILES string of the molecule is C/C=C(\C)NC(=O)c1ccccc1F. The molecular weight excluding hydrogens is 181 g/mol. The third kappa shape index (κ3) is 2.42. The number of allylic oxidation sites excluding steroid dienone is 2. The van der Waals surface area contributed by atoms with Gasteiger partial charge in [-0.15, -0.1) is 0 Å². The third-order valence-electron chi connectivity index (χ3n) is 1.86. The topological polar surface area (TPSA) is 29.1 Å². The average molecular weight is 193 g/mol. The summed E-state index contributed by atoms with van der Waals surface area (Å²) in [6.07, 6.45) is 1.75. The average Bonchev–Trinajstić information content (AvgIpc) is 2.18. The molecule has 0 aliphatic heterocycles. The van der Waals surface area contributed by atoms with Gasteiger partial charge in [-0.05, 0) is 26.0 Å². The molecule has 0 aliphatic rings. The van der Waals surface area contributed by atoms with Gasteiger partial charge in [0.25, 0.3) is 5.91 Å². The molecule has 1 amide bonds. The smallest absolute Gasteiger partial charge is 0.258 e. The van der Waals surface area contributed by atoms with E-state index in [4.69, 9.17) is 0 Å². The number of hydrogen-bond acceptors (Lipinski definition) is 1. The van der Waals surface area contributed by atoms with E-state index in [0.717, 1.165) is 0 Å². The zero-order valence-corrected chi connectivity index (χ0v) is 8.17. The Kier molecular flexibility index (Phi) is 3.40. The molecule has 0 unspecified atom stereocenters. The van der Waals surface area contributed by atoms with Crippen molar-refractivity contribution in [1.82, 2.24) is 5.32 Å². The Hall–Kier alpha value is -1.64. The minimum atomic E-state index is -0.506. The van der Waals surface area contributed by atoms with Crippen LogP contribution in [0, 0.1) is 5.82 Å². The normalized spacial score (nSPS) is 11.2. The molecule has 0 saturated carbocycles. The van der Waals surface area contributed by atoms with Gasteiger partial charge in [0.15, 0.2) is 0 Å². The van der Waals surface area contributed by atoms with E-state index in [1.165, 1.54) is 12.1 Å². The van der Waals surface area contributed by atoms with Crippen LogP contribution in [0.15, 0.2) is 36.0 Å². The van der Waals surface area contributed by atoms with Crippen LogP contribution in [-0.4, -0.2) is 5.91 Å². The molecular formula is C11H12FNO. The van der Waals surface area contributed by atoms with E-state index >= 15 is 0 Å². The van der Waals surface area contributed by atoms with Crippen LogP contribution in [0.25, 0.3) is 0 Å². The van der Waals surface area contributed by atoms with Gasteiger partial charge >= 0.3 is 0 Å². The number of hydrogen-bond donors (Lipinski definition) is 1. The van der Waals surface area contributed by atoms with E-state index in [1.54, 1.807) is 32.1 Å². The Bertz CT molecular complexity index is 371. The maximum atomic E-state index is 13.1. The quantitative estimate of drug-likeness (QED) is 0.768. The summed E-state index contributed by atoms with van der Waals surface area (Å²) in [4.78, 5) is 11.4. The molecule has 0 fully saturated rings. The predicted octanol–water partition coefficient (Wildman–Crippen LogP) is 2.48. The van der Waals surface area contributed by atoms with E-state index < -0.39 is 11.7 Å². The molecule has 1 aromatic carbocycles. The van der Waals surface area contributed by atoms with Crippen LogP contribution in [0.1, 0.15) is 24.2 Å². The molecule has 0 radical (unpaired) electrons. The first-order valence-corrected chi connectivity index (χ1v) is 4.34. The summed E-state index contributed by atoms with van der Waals surface area (Å²) in [5.74, 6) is -0.924. The standard InChI is InChI=1S/C11H12FNO/c1-3-8(2)13-11(14)9-6-4-5-7-10(9)12/h3-7H,1-2H3,(H,13,14)/b8-3+. The van der Waals surface area contributed by atoms with Crippen molar-refractivity contribution < 1.29 is 9.18 Å². The Balaban J connectivity index is 2.85. The summed E-state index contributed by atoms with van der Waals surface area (Å²) < 4.78 is 13.1. The number of amides is 1. The molecule has 1 aromatic rings. The molecule has 3 heteroatoms. The highest BCUT2D eigenvalue weighted by molar-refractivity contribution is 5.95. The van der Waals surface area contributed by atoms with Crippen molar-refractivity contribution >= 4 is 5.91 Å². The monoisotopic (exact) mass is 193 g/mol. The zero-order chi connectivity index (χ0) is 10.6. The summed E-state index contributed by atoms with van der Waals surface area (Å²) >= 11 is 0. The van der Waals surface area contributed by atoms with Gasteiger partial charge in [-0.1, -0.05) is 18.2 Å². The first-order valence-electron chi connectivity index (χ1n) is 4.34. The van der Waals surface area contributed by atoms with Crippen LogP contribution in [0.3, 0.4) is 0 Å². The first kappa shape index (κ1) is 10.4. The summed E-state index contributed by atoms with van der Waals surface area (Å²) in [6, 6.07) is 5.89. The molecule has 14 heavy (non-hydrogen) atoms. The van der Waals surface area contributed by atoms with Crippen molar-refractivity contribution in [2.24, 2.45) is 0 Å². The second-order valence-corrected chi connectivity index (χ2v) is 2.91. The van der Waals surface area contributed by atoms with E-state index in [2.05, 4.69) is 5.32 Å². The highest BCUT2D eigenvalue weighted by atomic mass is 19.1. The molecule has 74 valence electrons. The van der Waals surface area contributed by atoms with Crippen LogP contribution < -0.4 is 5.32 Å². The highest BCUT2D eigenvalue weighted by Gasteiger charge is 2.09. The van der Waals surface area contributed by atoms with Crippen LogP contribution in [0.5, 0.6) is 0 Å². The molecule has 0 saturated heterocycles. The lowest BCUT2D eigenvalue weighted by Crippen LogP contribution is -2.22. The number of rotatable bonds is 2. The predicted molar refractivity (Wildman–Crippen MR) is 53.3 cm³/mol. The van der Waals surface area contributed by atoms with Gasteiger partial charge in [0.2, 0.25) is 0 Å². The van der Waals surface area contributed by atoms with E-state index in [1.807, 2.05) is 0 Å². The summed E-state index contributed by atoms with van der Waals surface area (Å²) in [6.45, 7) is 3.55. The van der Waals surface area contributed by atoms with Gasteiger partial charge in [0.1, 0.15) is 5.82 Å². The van der Waals surface area contributed by atoms with Crippen molar-refractivity contribution in [1.29, 1.82) is 0 Å². The first-order chi connectivity index (χ1) is 6.65. The molecule has 0 heterocycles. The number of carbonyl (C=O) groups excluding carboxylic acids is 1. The van der Waals surface area contributed by atoms with Crippen LogP contribution in [0.2, 0.25) is 0 Å². The van der Waals surface area contributed by atoms with Crippen molar-refractivity contribution in [3.8, 4) is 0 Å². The van der Waals surface area contributed by atoms with Gasteiger partial charge in [-0.2, -0.15) is 0 Å². The van der Waals surface area contributed by atoms with Crippen molar-refractivity contribution in [3.63, 3.8) is 0 Å². The maximum absolute atomic E-state index is 13.1. The van der Waals surface area contributed by atoms with Gasteiger partial charge in [0.05, 0.1) is 5.56 Å². The van der Waals surface area contributed by atoms with Crippen molar-refractivity contribution in [3.05, 3.63) is 47.4 Å². The molecule has 1 N–H and O–H groups in total. The summed E-state index contributed by atoms with van der Waals surface area (Å²) in [5.41, 5.74) is 0.770. The number of carbonyl (C=O) groups is 1. The highest BCUT2D eigenvalue weighted by Crippen LogP contribution is 2.06. The Labute approximate surface area is 82.4 Å². The lowest BCUT2D eigenvalue weighted by Gasteiger charge is -2.04. The molecule has 1 rings (SSSR count). The fraction of sp³-hybridized carbons (Fsp3) is 0.182. The van der Waals surface area contributed by atoms with Gasteiger partial charge in [0, 0.05) is 5.70 Å². The Morgan fingerprint density at radius 2 is 2.07 bits per heavy atom. The molecule has 0 bridgehead atoms. The number of benzene rings is 1. The maximum Gasteiger partial charge on any atom is 0.258 e. The molecule has 0 aliphatic carbocycles. The molecule has 2 nitrogen and oxygen atoms in total. The van der Waals surface area contributed by atoms with Crippen molar-refractivity contribution in [2.45, 2.75) is 13.8 Å². The van der Waals surface area contributed by atoms with E-state index in [9.17, 15) is 9.18 Å². The second kappa shape index (κ2) is 4.56. The lowest BCUT2D eigenvalue weighted by atomic mass is 10.2. The molecule has 0 atom stereocenters. The van der Waals surface area contributed by atoms with Gasteiger partial charge in [-0.25, -0.2) is 4.39 Å². The fourth-order valence-electron chi connectivity index (χ4n) is 0.964. The largest absolute Gasteiger partial charge is 0.326 e. The van der Waals surface area contributed by atoms with Gasteiger partial charge in [-0.3, -0.25) is 4.79 Å². The van der Waals surface area contributed by atoms with Crippen LogP contribution >= 0.6 is 0 Å². The second-order valence-electron chi connectivity index (χ2n) is 2.91. The minimum absolute atomic E-state index is 0.0636. The summed E-state index contributed by atoms with van der Waals surface area (Å²) in [5, 5.41) is 2.57. The Morgan fingerprint density at radius 1 is 1.43 bits per heavy atom. The number of nitrogens with one attached hydrogen (secondary N) is 1. The molecule has 0 spiro atoms. The molecule has 0 aromatic heterocycles. The minimum Gasteiger partial charge on any atom is -0.326 e. The lowest BCUT2D eigenvalue weighted by molar-refractivity contribution is 0.0962. The summed E-state index contributed by atoms with van der Waals surface area (Å²) in [7, 11) is 0. The van der Waals surface area contributed by atoms with Gasteiger partial charge < -0.3 is 5.32 Å².